The molecule has 0 amide bonds. The number of rotatable bonds is 2. The SMILES string of the molecule is O=C1C=NC(CN2CCOCC2)=CC1=O. The van der Waals surface area contributed by atoms with Gasteiger partial charge >= 0.3 is 0 Å². The summed E-state index contributed by atoms with van der Waals surface area (Å²) in [6.45, 7) is 3.72. The smallest absolute Gasteiger partial charge is 0.243 e. The molecular formula is C10H12N2O3. The molecule has 2 aliphatic heterocycles. The standard InChI is InChI=1S/C10H12N2O3/c13-9-5-8(11-6-10(9)14)7-12-1-3-15-4-2-12/h5-6H,1-4,7H2. The third-order valence-electron chi connectivity index (χ3n) is 2.38. The van der Waals surface area contributed by atoms with Crippen molar-refractivity contribution in [2.45, 2.75) is 0 Å². The molecule has 0 spiro atoms. The lowest BCUT2D eigenvalue weighted by molar-refractivity contribution is -0.129. The predicted octanol–water partition coefficient (Wildman–Crippen LogP) is -0.575. The van der Waals surface area contributed by atoms with Gasteiger partial charge in [-0.15, -0.1) is 0 Å². The molecule has 0 N–H and O–H groups in total. The van der Waals surface area contributed by atoms with Crippen LogP contribution in [0.4, 0.5) is 0 Å². The van der Waals surface area contributed by atoms with E-state index in [9.17, 15) is 9.59 Å². The highest BCUT2D eigenvalue weighted by Crippen LogP contribution is 2.06. The van der Waals surface area contributed by atoms with E-state index in [1.165, 1.54) is 6.08 Å². The largest absolute Gasteiger partial charge is 0.379 e. The van der Waals surface area contributed by atoms with Crippen LogP contribution in [0.2, 0.25) is 0 Å². The van der Waals surface area contributed by atoms with Gasteiger partial charge in [-0.1, -0.05) is 0 Å². The van der Waals surface area contributed by atoms with Crippen molar-refractivity contribution in [3.8, 4) is 0 Å². The first kappa shape index (κ1) is 10.2. The van der Waals surface area contributed by atoms with Gasteiger partial charge in [0.2, 0.25) is 11.6 Å². The molecule has 2 aliphatic rings. The number of morpholine rings is 1. The van der Waals surface area contributed by atoms with Crippen molar-refractivity contribution in [3.05, 3.63) is 11.8 Å². The molecule has 0 aromatic heterocycles. The molecule has 1 saturated heterocycles. The van der Waals surface area contributed by atoms with Crippen molar-refractivity contribution in [1.82, 2.24) is 4.90 Å². The number of hydrogen-bond donors (Lipinski definition) is 0. The van der Waals surface area contributed by atoms with Crippen LogP contribution in [0.3, 0.4) is 0 Å². The van der Waals surface area contributed by atoms with Gasteiger partial charge in [0.25, 0.3) is 0 Å². The summed E-state index contributed by atoms with van der Waals surface area (Å²) >= 11 is 0. The normalized spacial score (nSPS) is 23.1. The van der Waals surface area contributed by atoms with Gasteiger partial charge in [-0.05, 0) is 0 Å². The maximum atomic E-state index is 11.1. The number of aliphatic imine (C=N–C) groups is 1. The lowest BCUT2D eigenvalue weighted by Gasteiger charge is -2.26. The molecule has 15 heavy (non-hydrogen) atoms. The molecular weight excluding hydrogens is 196 g/mol. The van der Waals surface area contributed by atoms with E-state index >= 15 is 0 Å². The van der Waals surface area contributed by atoms with Crippen LogP contribution < -0.4 is 0 Å². The monoisotopic (exact) mass is 208 g/mol. The second-order valence-corrected chi connectivity index (χ2v) is 3.51. The van der Waals surface area contributed by atoms with Gasteiger partial charge in [0.15, 0.2) is 0 Å². The summed E-state index contributed by atoms with van der Waals surface area (Å²) in [6, 6.07) is 0. The maximum Gasteiger partial charge on any atom is 0.243 e. The molecule has 2 rings (SSSR count). The zero-order valence-electron chi connectivity index (χ0n) is 8.31. The molecule has 0 saturated carbocycles. The third-order valence-corrected chi connectivity index (χ3v) is 2.38. The first-order chi connectivity index (χ1) is 7.25. The fourth-order valence-corrected chi connectivity index (χ4v) is 1.54. The summed E-state index contributed by atoms with van der Waals surface area (Å²) in [5, 5.41) is 0. The van der Waals surface area contributed by atoms with E-state index in [1.807, 2.05) is 0 Å². The Morgan fingerprint density at radius 1 is 1.27 bits per heavy atom. The lowest BCUT2D eigenvalue weighted by Crippen LogP contribution is -2.37. The first-order valence-corrected chi connectivity index (χ1v) is 4.89. The molecule has 0 atom stereocenters. The Kier molecular flexibility index (Phi) is 3.03. The highest BCUT2D eigenvalue weighted by atomic mass is 16.5. The number of allylic oxidation sites excluding steroid dienone is 1. The van der Waals surface area contributed by atoms with Crippen LogP contribution in [0, 0.1) is 0 Å². The molecule has 0 bridgehead atoms. The van der Waals surface area contributed by atoms with Crippen LogP contribution in [0.25, 0.3) is 0 Å². The van der Waals surface area contributed by atoms with E-state index in [4.69, 9.17) is 4.74 Å². The van der Waals surface area contributed by atoms with E-state index in [1.54, 1.807) is 0 Å². The zero-order valence-corrected chi connectivity index (χ0v) is 8.31. The topological polar surface area (TPSA) is 59.0 Å². The Labute approximate surface area is 87.4 Å². The van der Waals surface area contributed by atoms with Gasteiger partial charge in [-0.3, -0.25) is 19.5 Å². The van der Waals surface area contributed by atoms with Crippen LogP contribution in [0.1, 0.15) is 0 Å². The number of hydrogen-bond acceptors (Lipinski definition) is 5. The molecule has 2 heterocycles. The highest BCUT2D eigenvalue weighted by Gasteiger charge is 2.17. The second-order valence-electron chi connectivity index (χ2n) is 3.51. The number of Topliss-reactive ketones (excluding diaryl/α,β-unsaturated/α-hetero) is 1. The van der Waals surface area contributed by atoms with Gasteiger partial charge in [0, 0.05) is 25.7 Å². The summed E-state index contributed by atoms with van der Waals surface area (Å²) in [6.07, 6.45) is 2.41. The minimum Gasteiger partial charge on any atom is -0.379 e. The summed E-state index contributed by atoms with van der Waals surface area (Å²) in [5.74, 6) is -1.02. The fourth-order valence-electron chi connectivity index (χ4n) is 1.54. The number of carbonyl (C=O) groups excluding carboxylic acids is 2. The van der Waals surface area contributed by atoms with E-state index in [-0.39, 0.29) is 0 Å². The van der Waals surface area contributed by atoms with E-state index < -0.39 is 11.6 Å². The van der Waals surface area contributed by atoms with Crippen molar-refractivity contribution in [3.63, 3.8) is 0 Å². The van der Waals surface area contributed by atoms with E-state index in [0.717, 1.165) is 19.3 Å². The molecule has 5 nitrogen and oxygen atoms in total. The Bertz CT molecular complexity index is 341. The molecule has 0 aromatic rings. The Hall–Kier alpha value is -1.33. The summed E-state index contributed by atoms with van der Waals surface area (Å²) in [4.78, 5) is 28.0. The van der Waals surface area contributed by atoms with Crippen LogP contribution in [0.5, 0.6) is 0 Å². The molecule has 1 fully saturated rings. The lowest BCUT2D eigenvalue weighted by atomic mass is 10.2. The number of nitrogens with zero attached hydrogens (tertiary/aromatic N) is 2. The second kappa shape index (κ2) is 4.46. The fraction of sp³-hybridized carbons (Fsp3) is 0.500. The quantitative estimate of drug-likeness (QED) is 0.570. The van der Waals surface area contributed by atoms with Crippen LogP contribution in [-0.4, -0.2) is 55.5 Å². The zero-order chi connectivity index (χ0) is 10.7. The van der Waals surface area contributed by atoms with Crippen LogP contribution in [0.15, 0.2) is 16.8 Å². The van der Waals surface area contributed by atoms with Crippen molar-refractivity contribution in [2.24, 2.45) is 4.99 Å². The molecule has 5 heteroatoms. The Morgan fingerprint density at radius 3 is 2.67 bits per heavy atom. The van der Waals surface area contributed by atoms with Gasteiger partial charge < -0.3 is 4.74 Å². The van der Waals surface area contributed by atoms with Crippen molar-refractivity contribution in [1.29, 1.82) is 0 Å². The van der Waals surface area contributed by atoms with Gasteiger partial charge in [0.05, 0.1) is 25.1 Å². The minimum absolute atomic E-state index is 0.478. The molecule has 0 unspecified atom stereocenters. The summed E-state index contributed by atoms with van der Waals surface area (Å²) in [5.41, 5.74) is 0.654. The van der Waals surface area contributed by atoms with E-state index in [2.05, 4.69) is 9.89 Å². The first-order valence-electron chi connectivity index (χ1n) is 4.89. The molecule has 80 valence electrons. The van der Waals surface area contributed by atoms with Crippen LogP contribution >= 0.6 is 0 Å². The van der Waals surface area contributed by atoms with Gasteiger partial charge in [0.1, 0.15) is 0 Å². The van der Waals surface area contributed by atoms with Crippen molar-refractivity contribution < 1.29 is 14.3 Å². The average molecular weight is 208 g/mol. The van der Waals surface area contributed by atoms with Gasteiger partial charge in [-0.2, -0.15) is 0 Å². The van der Waals surface area contributed by atoms with Crippen LogP contribution in [-0.2, 0) is 14.3 Å². The van der Waals surface area contributed by atoms with Crippen molar-refractivity contribution in [2.75, 3.05) is 32.8 Å². The molecule has 0 aromatic carbocycles. The third kappa shape index (κ3) is 2.57. The number of ether oxygens (including phenoxy) is 1. The Morgan fingerprint density at radius 2 is 2.00 bits per heavy atom. The maximum absolute atomic E-state index is 11.1. The number of ketones is 2. The minimum atomic E-state index is -0.541. The van der Waals surface area contributed by atoms with Crippen molar-refractivity contribution >= 4 is 17.8 Å². The average Bonchev–Trinajstić information content (AvgIpc) is 2.25. The summed E-state index contributed by atoms with van der Waals surface area (Å²) in [7, 11) is 0. The van der Waals surface area contributed by atoms with E-state index in [0.29, 0.717) is 25.5 Å². The predicted molar refractivity (Wildman–Crippen MR) is 53.8 cm³/mol. The highest BCUT2D eigenvalue weighted by molar-refractivity contribution is 6.62. The van der Waals surface area contributed by atoms with Gasteiger partial charge in [-0.25, -0.2) is 0 Å². The Balaban J connectivity index is 1.94. The number of carbonyl (C=O) groups is 2. The summed E-state index contributed by atoms with van der Waals surface area (Å²) < 4.78 is 5.21. The molecule has 0 aliphatic carbocycles. The molecule has 0 radical (unpaired) electrons.